The molecule has 0 aromatic heterocycles. The Morgan fingerprint density at radius 3 is 3.00 bits per heavy atom. The van der Waals surface area contributed by atoms with Crippen LogP contribution in [0.4, 0.5) is 16.2 Å². The summed E-state index contributed by atoms with van der Waals surface area (Å²) in [5, 5.41) is 2.65. The molecule has 1 aromatic rings. The second-order valence-corrected chi connectivity index (χ2v) is 5.92. The average Bonchev–Trinajstić information content (AvgIpc) is 2.90. The zero-order valence-corrected chi connectivity index (χ0v) is 13.7. The lowest BCUT2D eigenvalue weighted by Gasteiger charge is -2.29. The highest BCUT2D eigenvalue weighted by Crippen LogP contribution is 2.36. The molecule has 0 saturated carbocycles. The van der Waals surface area contributed by atoms with Crippen LogP contribution in [0.2, 0.25) is 0 Å². The third-order valence-electron chi connectivity index (χ3n) is 3.79. The van der Waals surface area contributed by atoms with E-state index in [4.69, 9.17) is 21.7 Å². The SMILES string of the molecule is CC(=O)NCC1CN(c2ccc3c(c2)OCC(=S)N3C)C(=O)O1. The molecule has 1 saturated heterocycles. The highest BCUT2D eigenvalue weighted by atomic mass is 32.1. The van der Waals surface area contributed by atoms with Crippen molar-refractivity contribution in [3.05, 3.63) is 18.2 Å². The molecule has 2 amide bonds. The van der Waals surface area contributed by atoms with Crippen molar-refractivity contribution in [3.8, 4) is 5.75 Å². The highest BCUT2D eigenvalue weighted by molar-refractivity contribution is 7.80. The van der Waals surface area contributed by atoms with Crippen molar-refractivity contribution in [2.75, 3.05) is 36.5 Å². The van der Waals surface area contributed by atoms with Crippen LogP contribution in [0, 0.1) is 0 Å². The summed E-state index contributed by atoms with van der Waals surface area (Å²) in [6.45, 7) is 2.45. The monoisotopic (exact) mass is 335 g/mol. The standard InChI is InChI=1S/C15H17N3O4S/c1-9(19)16-6-11-7-18(15(20)22-11)10-3-4-12-13(5-10)21-8-14(23)17(12)2/h3-5,11H,6-8H2,1-2H3,(H,16,19). The Hall–Kier alpha value is -2.35. The fourth-order valence-electron chi connectivity index (χ4n) is 2.53. The van der Waals surface area contributed by atoms with Gasteiger partial charge in [-0.3, -0.25) is 9.69 Å². The van der Waals surface area contributed by atoms with Gasteiger partial charge in [-0.2, -0.15) is 0 Å². The first-order valence-electron chi connectivity index (χ1n) is 7.21. The number of fused-ring (bicyclic) bond motifs is 1. The lowest BCUT2D eigenvalue weighted by Crippen LogP contribution is -2.34. The van der Waals surface area contributed by atoms with Gasteiger partial charge in [-0.25, -0.2) is 4.79 Å². The van der Waals surface area contributed by atoms with E-state index in [0.29, 0.717) is 36.1 Å². The molecular formula is C15H17N3O4S. The van der Waals surface area contributed by atoms with Gasteiger partial charge >= 0.3 is 6.09 Å². The maximum Gasteiger partial charge on any atom is 0.414 e. The average molecular weight is 335 g/mol. The zero-order valence-electron chi connectivity index (χ0n) is 12.9. The fraction of sp³-hybridized carbons (Fsp3) is 0.400. The Labute approximate surface area is 139 Å². The fourth-order valence-corrected chi connectivity index (χ4v) is 2.69. The van der Waals surface area contributed by atoms with Crippen molar-refractivity contribution in [3.63, 3.8) is 0 Å². The third-order valence-corrected chi connectivity index (χ3v) is 4.19. The molecule has 0 bridgehead atoms. The lowest BCUT2D eigenvalue weighted by molar-refractivity contribution is -0.119. The number of nitrogens with zero attached hydrogens (tertiary/aromatic N) is 2. The van der Waals surface area contributed by atoms with Crippen LogP contribution in [0.25, 0.3) is 0 Å². The van der Waals surface area contributed by atoms with Crippen LogP contribution >= 0.6 is 12.2 Å². The normalized spacial score (nSPS) is 20.0. The van der Waals surface area contributed by atoms with E-state index in [1.165, 1.54) is 11.8 Å². The number of anilines is 2. The number of benzene rings is 1. The number of carbonyl (C=O) groups is 2. The Balaban J connectivity index is 1.76. The van der Waals surface area contributed by atoms with Crippen molar-refractivity contribution < 1.29 is 19.1 Å². The molecule has 0 aliphatic carbocycles. The van der Waals surface area contributed by atoms with E-state index in [0.717, 1.165) is 5.69 Å². The van der Waals surface area contributed by atoms with Crippen LogP contribution in [-0.4, -0.2) is 49.8 Å². The number of cyclic esters (lactones) is 1. The molecule has 1 unspecified atom stereocenters. The third kappa shape index (κ3) is 3.07. The van der Waals surface area contributed by atoms with Crippen LogP contribution in [-0.2, 0) is 9.53 Å². The van der Waals surface area contributed by atoms with Crippen molar-refractivity contribution >= 4 is 40.6 Å². The minimum absolute atomic E-state index is 0.152. The molecule has 3 rings (SSSR count). The van der Waals surface area contributed by atoms with E-state index in [1.807, 2.05) is 24.1 Å². The second-order valence-electron chi connectivity index (χ2n) is 5.45. The Kier molecular flexibility index (Phi) is 4.08. The minimum Gasteiger partial charge on any atom is -0.484 e. The summed E-state index contributed by atoms with van der Waals surface area (Å²) in [6.07, 6.45) is -0.793. The molecule has 2 aliphatic heterocycles. The number of rotatable bonds is 3. The number of hydrogen-bond acceptors (Lipinski definition) is 5. The first-order chi connectivity index (χ1) is 11.0. The smallest absolute Gasteiger partial charge is 0.414 e. The van der Waals surface area contributed by atoms with E-state index in [2.05, 4.69) is 5.32 Å². The predicted octanol–water partition coefficient (Wildman–Crippen LogP) is 1.30. The van der Waals surface area contributed by atoms with E-state index in [-0.39, 0.29) is 12.0 Å². The van der Waals surface area contributed by atoms with Gasteiger partial charge in [0.05, 0.1) is 24.5 Å². The summed E-state index contributed by atoms with van der Waals surface area (Å²) in [5.41, 5.74) is 1.56. The van der Waals surface area contributed by atoms with E-state index >= 15 is 0 Å². The molecule has 122 valence electrons. The molecule has 1 atom stereocenters. The maximum absolute atomic E-state index is 12.0. The van der Waals surface area contributed by atoms with Gasteiger partial charge in [0.1, 0.15) is 23.4 Å². The molecule has 8 heteroatoms. The van der Waals surface area contributed by atoms with Crippen molar-refractivity contribution in [1.29, 1.82) is 0 Å². The highest BCUT2D eigenvalue weighted by Gasteiger charge is 2.33. The van der Waals surface area contributed by atoms with Crippen molar-refractivity contribution in [1.82, 2.24) is 5.32 Å². The number of hydrogen-bond donors (Lipinski definition) is 1. The molecule has 0 spiro atoms. The Morgan fingerprint density at radius 2 is 2.26 bits per heavy atom. The molecule has 0 radical (unpaired) electrons. The summed E-state index contributed by atoms with van der Waals surface area (Å²) in [4.78, 5) is 27.1. The molecule has 1 N–H and O–H groups in total. The van der Waals surface area contributed by atoms with Crippen LogP contribution < -0.4 is 19.9 Å². The molecule has 23 heavy (non-hydrogen) atoms. The molecule has 2 aliphatic rings. The summed E-state index contributed by atoms with van der Waals surface area (Å²) in [6, 6.07) is 5.49. The topological polar surface area (TPSA) is 71.1 Å². The van der Waals surface area contributed by atoms with Gasteiger partial charge in [0.25, 0.3) is 0 Å². The molecule has 7 nitrogen and oxygen atoms in total. The molecular weight excluding hydrogens is 318 g/mol. The molecule has 1 fully saturated rings. The predicted molar refractivity (Wildman–Crippen MR) is 89.2 cm³/mol. The summed E-state index contributed by atoms with van der Waals surface area (Å²) in [7, 11) is 1.89. The van der Waals surface area contributed by atoms with Gasteiger partial charge in [-0.15, -0.1) is 0 Å². The summed E-state index contributed by atoms with van der Waals surface area (Å²) in [5.74, 6) is 0.525. The summed E-state index contributed by atoms with van der Waals surface area (Å²) >= 11 is 5.21. The van der Waals surface area contributed by atoms with E-state index in [1.54, 1.807) is 6.07 Å². The lowest BCUT2D eigenvalue weighted by atomic mass is 10.2. The van der Waals surface area contributed by atoms with Gasteiger partial charge in [-0.1, -0.05) is 12.2 Å². The number of nitrogens with one attached hydrogen (secondary N) is 1. The second kappa shape index (κ2) is 6.04. The van der Waals surface area contributed by atoms with Crippen LogP contribution in [0.1, 0.15) is 6.92 Å². The van der Waals surface area contributed by atoms with Crippen LogP contribution in [0.15, 0.2) is 18.2 Å². The van der Waals surface area contributed by atoms with Gasteiger partial charge in [0, 0.05) is 20.0 Å². The first-order valence-corrected chi connectivity index (χ1v) is 7.62. The van der Waals surface area contributed by atoms with Gasteiger partial charge in [0.2, 0.25) is 5.91 Å². The van der Waals surface area contributed by atoms with Crippen LogP contribution in [0.5, 0.6) is 5.75 Å². The van der Waals surface area contributed by atoms with E-state index in [9.17, 15) is 9.59 Å². The number of amides is 2. The Morgan fingerprint density at radius 1 is 1.48 bits per heavy atom. The van der Waals surface area contributed by atoms with Gasteiger partial charge in [-0.05, 0) is 12.1 Å². The summed E-state index contributed by atoms with van der Waals surface area (Å²) < 4.78 is 10.9. The quantitative estimate of drug-likeness (QED) is 0.840. The molecule has 2 heterocycles. The van der Waals surface area contributed by atoms with E-state index < -0.39 is 6.09 Å². The van der Waals surface area contributed by atoms with Gasteiger partial charge in [0.15, 0.2) is 0 Å². The van der Waals surface area contributed by atoms with Crippen molar-refractivity contribution in [2.45, 2.75) is 13.0 Å². The number of carbonyl (C=O) groups excluding carboxylic acids is 2. The number of ether oxygens (including phenoxy) is 2. The Bertz CT molecular complexity index is 679. The minimum atomic E-state index is -0.431. The largest absolute Gasteiger partial charge is 0.484 e. The number of likely N-dealkylation sites (N-methyl/N-ethyl adjacent to an activating group) is 1. The zero-order chi connectivity index (χ0) is 16.6. The number of thiocarbonyl (C=S) groups is 1. The van der Waals surface area contributed by atoms with Gasteiger partial charge < -0.3 is 19.7 Å². The molecule has 1 aromatic carbocycles. The van der Waals surface area contributed by atoms with Crippen molar-refractivity contribution in [2.24, 2.45) is 0 Å². The first kappa shape index (κ1) is 15.5. The van der Waals surface area contributed by atoms with Crippen LogP contribution in [0.3, 0.4) is 0 Å². The maximum atomic E-state index is 12.0.